The minimum Gasteiger partial charge on any atom is -0.368 e. The van der Waals surface area contributed by atoms with Gasteiger partial charge in [0.05, 0.1) is 10.0 Å². The molecule has 5 nitrogen and oxygen atoms in total. The maximum atomic E-state index is 12.4. The maximum absolute atomic E-state index is 12.4. The molecule has 1 amide bonds. The van der Waals surface area contributed by atoms with E-state index in [1.54, 1.807) is 35.4 Å². The summed E-state index contributed by atoms with van der Waals surface area (Å²) in [6.45, 7) is 2.68. The Balaban J connectivity index is 1.49. The minimum absolute atomic E-state index is 0.00284. The van der Waals surface area contributed by atoms with E-state index in [4.69, 9.17) is 23.2 Å². The number of piperazine rings is 1. The Morgan fingerprint density at radius 1 is 0.962 bits per heavy atom. The van der Waals surface area contributed by atoms with Crippen LogP contribution in [0.2, 0.25) is 10.0 Å². The number of hydrogen-bond acceptors (Lipinski definition) is 4. The number of carbonyl (C=O) groups is 2. The van der Waals surface area contributed by atoms with Crippen LogP contribution >= 0.6 is 23.2 Å². The molecule has 26 heavy (non-hydrogen) atoms. The molecule has 136 valence electrons. The summed E-state index contributed by atoms with van der Waals surface area (Å²) in [5.74, 6) is -0.100. The zero-order valence-electron chi connectivity index (χ0n) is 14.2. The van der Waals surface area contributed by atoms with Gasteiger partial charge in [-0.25, -0.2) is 0 Å². The quantitative estimate of drug-likeness (QED) is 0.729. The van der Waals surface area contributed by atoms with Crippen molar-refractivity contribution in [2.45, 2.75) is 12.8 Å². The largest absolute Gasteiger partial charge is 0.368 e. The van der Waals surface area contributed by atoms with Gasteiger partial charge < -0.3 is 9.80 Å². The third-order valence-electron chi connectivity index (χ3n) is 4.42. The van der Waals surface area contributed by atoms with Crippen molar-refractivity contribution in [3.8, 4) is 0 Å². The summed E-state index contributed by atoms with van der Waals surface area (Å²) >= 11 is 12.0. The first-order chi connectivity index (χ1) is 12.5. The number of Topliss-reactive ketones (excluding diaryl/α,β-unsaturated/α-hetero) is 1. The van der Waals surface area contributed by atoms with E-state index in [1.807, 2.05) is 12.1 Å². The first-order valence-corrected chi connectivity index (χ1v) is 9.22. The Hall–Kier alpha value is -2.11. The second kappa shape index (κ2) is 8.52. The lowest BCUT2D eigenvalue weighted by Gasteiger charge is -2.36. The van der Waals surface area contributed by atoms with Gasteiger partial charge in [-0.2, -0.15) is 0 Å². The van der Waals surface area contributed by atoms with E-state index in [1.165, 1.54) is 0 Å². The molecule has 1 aromatic carbocycles. The Labute approximate surface area is 162 Å². The molecule has 0 N–H and O–H groups in total. The number of amides is 1. The SMILES string of the molecule is O=C(CCC(=O)N1CCN(c2ccc(Cl)c(Cl)c2)CC1)c1ccccn1. The van der Waals surface area contributed by atoms with Crippen molar-refractivity contribution >= 4 is 40.6 Å². The third kappa shape index (κ3) is 4.54. The van der Waals surface area contributed by atoms with E-state index in [9.17, 15) is 9.59 Å². The highest BCUT2D eigenvalue weighted by Gasteiger charge is 2.22. The molecule has 3 rings (SSSR count). The smallest absolute Gasteiger partial charge is 0.223 e. The zero-order chi connectivity index (χ0) is 18.5. The second-order valence-electron chi connectivity index (χ2n) is 6.10. The zero-order valence-corrected chi connectivity index (χ0v) is 15.7. The van der Waals surface area contributed by atoms with Crippen LogP contribution in [-0.2, 0) is 4.79 Å². The van der Waals surface area contributed by atoms with Crippen LogP contribution in [0.3, 0.4) is 0 Å². The summed E-state index contributed by atoms with van der Waals surface area (Å²) in [4.78, 5) is 32.4. The third-order valence-corrected chi connectivity index (χ3v) is 5.16. The Bertz CT molecular complexity index is 791. The number of nitrogens with zero attached hydrogens (tertiary/aromatic N) is 3. The highest BCUT2D eigenvalue weighted by atomic mass is 35.5. The van der Waals surface area contributed by atoms with Gasteiger partial charge in [-0.05, 0) is 30.3 Å². The number of anilines is 1. The van der Waals surface area contributed by atoms with Crippen molar-refractivity contribution in [3.05, 3.63) is 58.3 Å². The molecular formula is C19H19Cl2N3O2. The van der Waals surface area contributed by atoms with Crippen molar-refractivity contribution in [1.82, 2.24) is 9.88 Å². The molecule has 0 unspecified atom stereocenters. The topological polar surface area (TPSA) is 53.5 Å². The van der Waals surface area contributed by atoms with Crippen LogP contribution in [0.25, 0.3) is 0 Å². The van der Waals surface area contributed by atoms with Gasteiger partial charge in [-0.3, -0.25) is 14.6 Å². The summed E-state index contributed by atoms with van der Waals surface area (Å²) < 4.78 is 0. The van der Waals surface area contributed by atoms with Crippen molar-refractivity contribution < 1.29 is 9.59 Å². The van der Waals surface area contributed by atoms with Gasteiger partial charge in [-0.15, -0.1) is 0 Å². The molecule has 2 heterocycles. The van der Waals surface area contributed by atoms with E-state index >= 15 is 0 Å². The number of carbonyl (C=O) groups excluding carboxylic acids is 2. The average Bonchev–Trinajstić information content (AvgIpc) is 2.69. The van der Waals surface area contributed by atoms with Gasteiger partial charge in [0.25, 0.3) is 0 Å². The van der Waals surface area contributed by atoms with Gasteiger partial charge in [0.15, 0.2) is 5.78 Å². The van der Waals surface area contributed by atoms with Gasteiger partial charge in [0.2, 0.25) is 5.91 Å². The predicted octanol–water partition coefficient (Wildman–Crippen LogP) is 3.70. The standard InChI is InChI=1S/C19H19Cl2N3O2/c20-15-5-4-14(13-16(15)21)23-9-11-24(12-10-23)19(26)7-6-18(25)17-3-1-2-8-22-17/h1-5,8,13H,6-7,9-12H2. The van der Waals surface area contributed by atoms with Gasteiger partial charge in [0, 0.05) is 50.9 Å². The molecule has 1 fully saturated rings. The highest BCUT2D eigenvalue weighted by Crippen LogP contribution is 2.27. The maximum Gasteiger partial charge on any atom is 0.223 e. The van der Waals surface area contributed by atoms with Crippen LogP contribution in [0.15, 0.2) is 42.6 Å². The van der Waals surface area contributed by atoms with Gasteiger partial charge in [-0.1, -0.05) is 29.3 Å². The van der Waals surface area contributed by atoms with E-state index in [0.717, 1.165) is 18.8 Å². The molecule has 1 saturated heterocycles. The van der Waals surface area contributed by atoms with Crippen LogP contribution in [0, 0.1) is 0 Å². The number of halogens is 2. The molecule has 1 aliphatic heterocycles. The Morgan fingerprint density at radius 3 is 2.38 bits per heavy atom. The molecule has 0 atom stereocenters. The molecule has 1 aromatic heterocycles. The lowest BCUT2D eigenvalue weighted by atomic mass is 10.1. The first-order valence-electron chi connectivity index (χ1n) is 8.46. The molecule has 0 spiro atoms. The second-order valence-corrected chi connectivity index (χ2v) is 6.92. The molecule has 1 aliphatic rings. The van der Waals surface area contributed by atoms with E-state index in [-0.39, 0.29) is 24.5 Å². The van der Waals surface area contributed by atoms with Crippen LogP contribution in [0.4, 0.5) is 5.69 Å². The summed E-state index contributed by atoms with van der Waals surface area (Å²) in [5.41, 5.74) is 1.40. The molecule has 0 bridgehead atoms. The Morgan fingerprint density at radius 2 is 1.73 bits per heavy atom. The molecule has 0 saturated carbocycles. The average molecular weight is 392 g/mol. The highest BCUT2D eigenvalue weighted by molar-refractivity contribution is 6.42. The number of ketones is 1. The Kier molecular flexibility index (Phi) is 6.12. The molecule has 2 aromatic rings. The van der Waals surface area contributed by atoms with Crippen LogP contribution < -0.4 is 4.90 Å². The van der Waals surface area contributed by atoms with E-state index < -0.39 is 0 Å². The minimum atomic E-state index is -0.103. The molecule has 7 heteroatoms. The number of aromatic nitrogens is 1. The van der Waals surface area contributed by atoms with Crippen molar-refractivity contribution in [1.29, 1.82) is 0 Å². The van der Waals surface area contributed by atoms with E-state index in [2.05, 4.69) is 9.88 Å². The van der Waals surface area contributed by atoms with Crippen LogP contribution in [0.1, 0.15) is 23.3 Å². The molecular weight excluding hydrogens is 373 g/mol. The van der Waals surface area contributed by atoms with E-state index in [0.29, 0.717) is 28.8 Å². The van der Waals surface area contributed by atoms with Crippen molar-refractivity contribution in [2.75, 3.05) is 31.1 Å². The summed E-state index contributed by atoms with van der Waals surface area (Å²) in [6.07, 6.45) is 1.97. The normalized spacial score (nSPS) is 14.4. The fraction of sp³-hybridized carbons (Fsp3) is 0.316. The number of benzene rings is 1. The predicted molar refractivity (Wildman–Crippen MR) is 103 cm³/mol. The monoisotopic (exact) mass is 391 g/mol. The fourth-order valence-corrected chi connectivity index (χ4v) is 3.22. The van der Waals surface area contributed by atoms with Crippen molar-refractivity contribution in [2.24, 2.45) is 0 Å². The van der Waals surface area contributed by atoms with Gasteiger partial charge >= 0.3 is 0 Å². The van der Waals surface area contributed by atoms with Crippen molar-refractivity contribution in [3.63, 3.8) is 0 Å². The molecule has 0 aliphatic carbocycles. The summed E-state index contributed by atoms with van der Waals surface area (Å²) in [7, 11) is 0. The summed E-state index contributed by atoms with van der Waals surface area (Å²) in [6, 6.07) is 10.7. The summed E-state index contributed by atoms with van der Waals surface area (Å²) in [5, 5.41) is 1.05. The lowest BCUT2D eigenvalue weighted by Crippen LogP contribution is -2.48. The lowest BCUT2D eigenvalue weighted by molar-refractivity contribution is -0.131. The number of rotatable bonds is 5. The van der Waals surface area contributed by atoms with Crippen LogP contribution in [-0.4, -0.2) is 47.8 Å². The fourth-order valence-electron chi connectivity index (χ4n) is 2.93. The van der Waals surface area contributed by atoms with Crippen LogP contribution in [0.5, 0.6) is 0 Å². The molecule has 0 radical (unpaired) electrons. The van der Waals surface area contributed by atoms with Gasteiger partial charge in [0.1, 0.15) is 5.69 Å². The number of hydrogen-bond donors (Lipinski definition) is 0. The number of pyridine rings is 1. The first kappa shape index (κ1) is 18.7.